The van der Waals surface area contributed by atoms with Gasteiger partial charge in [0.05, 0.1) is 34.4 Å². The minimum Gasteiger partial charge on any atom is -0.457 e. The van der Waals surface area contributed by atoms with Crippen LogP contribution in [-0.2, 0) is 27.9 Å². The molecule has 342 valence electrons. The normalized spacial score (nSPS) is 14.3. The highest BCUT2D eigenvalue weighted by Crippen LogP contribution is 2.43. The number of unbranched alkanes of at least 4 members (excludes halogenated alkanes) is 17. The number of esters is 1. The number of carbonyl (C=O) groups is 1. The molecule has 0 aliphatic rings. The summed E-state index contributed by atoms with van der Waals surface area (Å²) in [5, 5.41) is 0. The molecule has 0 radical (unpaired) electrons. The number of hydrogen-bond acceptors (Lipinski definition) is 6. The van der Waals surface area contributed by atoms with Gasteiger partial charge in [-0.1, -0.05) is 196 Å². The summed E-state index contributed by atoms with van der Waals surface area (Å²) in [5.74, 6) is -0.395. The molecule has 59 heavy (non-hydrogen) atoms. The minimum absolute atomic E-state index is 0.0730. The zero-order valence-corrected chi connectivity index (χ0v) is 39.6. The quantitative estimate of drug-likeness (QED) is 0.0215. The van der Waals surface area contributed by atoms with E-state index in [0.29, 0.717) is 24.1 Å². The molecule has 0 rings (SSSR count). The number of phosphoric acid groups is 1. The van der Waals surface area contributed by atoms with Gasteiger partial charge in [-0.3, -0.25) is 13.8 Å². The molecule has 0 saturated heterocycles. The fraction of sp³-hybridized carbons (Fsp3) is 0.740. The summed E-state index contributed by atoms with van der Waals surface area (Å²) in [5.41, 5.74) is 0. The SMILES string of the molecule is CC/C=C\C/C=C\C/C=C\C/C=C\C/C=C\C/C=C\CCC(=O)OC(COCCCCCCCCCCCCCCCCCCCC)COP(=O)(O)OCC[N+](C)(C)C. The highest BCUT2D eigenvalue weighted by Gasteiger charge is 2.26. The van der Waals surface area contributed by atoms with E-state index in [4.69, 9.17) is 18.5 Å². The molecular weight excluding hydrogens is 758 g/mol. The third-order valence-electron chi connectivity index (χ3n) is 9.80. The molecule has 0 aliphatic carbocycles. The Morgan fingerprint density at radius 1 is 0.542 bits per heavy atom. The molecule has 9 heteroatoms. The lowest BCUT2D eigenvalue weighted by atomic mass is 10.0. The van der Waals surface area contributed by atoms with Crippen LogP contribution in [-0.4, -0.2) is 75.6 Å². The predicted octanol–water partition coefficient (Wildman–Crippen LogP) is 14.3. The van der Waals surface area contributed by atoms with Crippen molar-refractivity contribution in [3.05, 3.63) is 72.9 Å². The van der Waals surface area contributed by atoms with Gasteiger partial charge in [-0.05, 0) is 51.4 Å². The Labute approximate surface area is 363 Å². The van der Waals surface area contributed by atoms with Crippen molar-refractivity contribution in [2.45, 2.75) is 187 Å². The van der Waals surface area contributed by atoms with E-state index in [0.717, 1.165) is 51.4 Å². The molecule has 2 atom stereocenters. The molecular formula is C50H91NO7P+. The second-order valence-electron chi connectivity index (χ2n) is 16.8. The number of ether oxygens (including phenoxy) is 2. The zero-order valence-electron chi connectivity index (χ0n) is 38.7. The standard InChI is InChI=1S/C50H90NO7P/c1-6-8-10-12-14-16-18-20-22-24-26-27-29-31-33-35-37-39-41-43-50(52)58-49(48-57-59(53,54)56-46-44-51(3,4)5)47-55-45-42-40-38-36-34-32-30-28-25-23-21-19-17-15-13-11-9-7-2/h8,10,14,16,20,22,26-27,31,33,37,39,49H,6-7,9,11-13,15,17-19,21,23-25,28-30,32,34-36,38,40-48H2,1-5H3/p+1/b10-8-,16-14-,22-20-,27-26-,33-31-,39-37-. The van der Waals surface area contributed by atoms with Gasteiger partial charge < -0.3 is 18.9 Å². The van der Waals surface area contributed by atoms with Crippen LogP contribution in [0, 0.1) is 0 Å². The van der Waals surface area contributed by atoms with Gasteiger partial charge in [-0.25, -0.2) is 4.57 Å². The smallest absolute Gasteiger partial charge is 0.457 e. The molecule has 0 fully saturated rings. The van der Waals surface area contributed by atoms with Crippen molar-refractivity contribution in [2.75, 3.05) is 54.1 Å². The monoisotopic (exact) mass is 849 g/mol. The van der Waals surface area contributed by atoms with Crippen molar-refractivity contribution in [2.24, 2.45) is 0 Å². The summed E-state index contributed by atoms with van der Waals surface area (Å²) in [6.45, 7) is 5.41. The summed E-state index contributed by atoms with van der Waals surface area (Å²) in [6.07, 6.45) is 55.3. The molecule has 0 saturated carbocycles. The van der Waals surface area contributed by atoms with Gasteiger partial charge in [-0.15, -0.1) is 0 Å². The molecule has 0 bridgehead atoms. The maximum Gasteiger partial charge on any atom is 0.472 e. The average Bonchev–Trinajstić information content (AvgIpc) is 3.19. The molecule has 0 spiro atoms. The van der Waals surface area contributed by atoms with Crippen LogP contribution in [0.4, 0.5) is 0 Å². The van der Waals surface area contributed by atoms with Crippen LogP contribution in [0.25, 0.3) is 0 Å². The summed E-state index contributed by atoms with van der Waals surface area (Å²) in [6, 6.07) is 0. The van der Waals surface area contributed by atoms with Crippen LogP contribution in [0.1, 0.15) is 181 Å². The van der Waals surface area contributed by atoms with Gasteiger partial charge in [0.15, 0.2) is 0 Å². The van der Waals surface area contributed by atoms with Crippen molar-refractivity contribution in [1.82, 2.24) is 0 Å². The number of nitrogens with zero attached hydrogens (tertiary/aromatic N) is 1. The van der Waals surface area contributed by atoms with Crippen LogP contribution in [0.15, 0.2) is 72.9 Å². The molecule has 8 nitrogen and oxygen atoms in total. The Hall–Kier alpha value is -2.06. The van der Waals surface area contributed by atoms with E-state index in [1.54, 1.807) is 0 Å². The van der Waals surface area contributed by atoms with Crippen LogP contribution < -0.4 is 0 Å². The van der Waals surface area contributed by atoms with Gasteiger partial charge in [0, 0.05) is 13.0 Å². The van der Waals surface area contributed by atoms with Gasteiger partial charge in [0.1, 0.15) is 19.3 Å². The van der Waals surface area contributed by atoms with E-state index in [-0.39, 0.29) is 26.2 Å². The molecule has 2 unspecified atom stereocenters. The number of allylic oxidation sites excluding steroid dienone is 12. The fourth-order valence-corrected chi connectivity index (χ4v) is 6.91. The lowest BCUT2D eigenvalue weighted by Crippen LogP contribution is -2.37. The number of hydrogen-bond donors (Lipinski definition) is 1. The molecule has 1 N–H and O–H groups in total. The third-order valence-corrected chi connectivity index (χ3v) is 10.8. The number of phosphoric ester groups is 1. The summed E-state index contributed by atoms with van der Waals surface area (Å²) in [7, 11) is 1.62. The van der Waals surface area contributed by atoms with E-state index in [1.807, 2.05) is 33.3 Å². The fourth-order valence-electron chi connectivity index (χ4n) is 6.17. The highest BCUT2D eigenvalue weighted by molar-refractivity contribution is 7.47. The Morgan fingerprint density at radius 2 is 0.949 bits per heavy atom. The van der Waals surface area contributed by atoms with E-state index < -0.39 is 19.9 Å². The second-order valence-corrected chi connectivity index (χ2v) is 18.2. The van der Waals surface area contributed by atoms with E-state index in [2.05, 4.69) is 74.6 Å². The number of carbonyl (C=O) groups excluding carboxylic acids is 1. The van der Waals surface area contributed by atoms with E-state index >= 15 is 0 Å². The molecule has 0 amide bonds. The maximum atomic E-state index is 12.7. The first-order valence-electron chi connectivity index (χ1n) is 23.7. The van der Waals surface area contributed by atoms with E-state index in [9.17, 15) is 14.3 Å². The van der Waals surface area contributed by atoms with Gasteiger partial charge in [0.2, 0.25) is 0 Å². The number of quaternary nitrogens is 1. The lowest BCUT2D eigenvalue weighted by Gasteiger charge is -2.24. The summed E-state index contributed by atoms with van der Waals surface area (Å²) in [4.78, 5) is 22.9. The molecule has 0 aromatic heterocycles. The minimum atomic E-state index is -4.30. The molecule has 0 aromatic carbocycles. The molecule has 0 aromatic rings. The molecule has 0 heterocycles. The number of likely N-dealkylation sites (N-methyl/N-ethyl adjacent to an activating group) is 1. The average molecular weight is 849 g/mol. The summed E-state index contributed by atoms with van der Waals surface area (Å²) >= 11 is 0. The summed E-state index contributed by atoms with van der Waals surface area (Å²) < 4.78 is 35.0. The van der Waals surface area contributed by atoms with Crippen molar-refractivity contribution < 1.29 is 37.3 Å². The highest BCUT2D eigenvalue weighted by atomic mass is 31.2. The van der Waals surface area contributed by atoms with Crippen LogP contribution in [0.2, 0.25) is 0 Å². The lowest BCUT2D eigenvalue weighted by molar-refractivity contribution is -0.870. The second kappa shape index (κ2) is 42.6. The van der Waals surface area contributed by atoms with Crippen molar-refractivity contribution in [3.8, 4) is 0 Å². The first-order chi connectivity index (χ1) is 28.6. The van der Waals surface area contributed by atoms with Gasteiger partial charge in [0.25, 0.3) is 0 Å². The topological polar surface area (TPSA) is 91.3 Å². The van der Waals surface area contributed by atoms with Crippen molar-refractivity contribution >= 4 is 13.8 Å². The number of rotatable bonds is 43. The Balaban J connectivity index is 4.32. The van der Waals surface area contributed by atoms with E-state index in [1.165, 1.54) is 103 Å². The molecule has 0 aliphatic heterocycles. The first kappa shape index (κ1) is 56.9. The Kier molecular flexibility index (Phi) is 41.1. The first-order valence-corrected chi connectivity index (χ1v) is 25.2. The van der Waals surface area contributed by atoms with Gasteiger partial charge in [-0.2, -0.15) is 0 Å². The van der Waals surface area contributed by atoms with Crippen LogP contribution in [0.3, 0.4) is 0 Å². The van der Waals surface area contributed by atoms with Crippen LogP contribution in [0.5, 0.6) is 0 Å². The largest absolute Gasteiger partial charge is 0.472 e. The zero-order chi connectivity index (χ0) is 43.4. The predicted molar refractivity (Wildman–Crippen MR) is 252 cm³/mol. The Bertz CT molecular complexity index is 1170. The van der Waals surface area contributed by atoms with Crippen molar-refractivity contribution in [3.63, 3.8) is 0 Å². The Morgan fingerprint density at radius 3 is 1.37 bits per heavy atom. The van der Waals surface area contributed by atoms with Gasteiger partial charge >= 0.3 is 13.8 Å². The maximum absolute atomic E-state index is 12.7. The third kappa shape index (κ3) is 46.9. The van der Waals surface area contributed by atoms with Crippen molar-refractivity contribution in [1.29, 1.82) is 0 Å². The van der Waals surface area contributed by atoms with Crippen LogP contribution >= 0.6 is 7.82 Å².